The number of aromatic nitrogens is 1. The van der Waals surface area contributed by atoms with E-state index in [1.54, 1.807) is 36.4 Å². The average Bonchev–Trinajstić information content (AvgIpc) is 2.51. The third kappa shape index (κ3) is 2.60. The molecule has 0 spiro atoms. The molecule has 5 nitrogen and oxygen atoms in total. The molecule has 0 amide bonds. The second kappa shape index (κ2) is 5.31. The Labute approximate surface area is 127 Å². The van der Waals surface area contributed by atoms with Crippen molar-refractivity contribution in [3.05, 3.63) is 76.7 Å². The number of pyridine rings is 1. The van der Waals surface area contributed by atoms with Gasteiger partial charge in [0.15, 0.2) is 0 Å². The number of fused-ring (bicyclic) bond motifs is 1. The summed E-state index contributed by atoms with van der Waals surface area (Å²) in [6.45, 7) is 1.87. The van der Waals surface area contributed by atoms with Gasteiger partial charge in [0.25, 0.3) is 15.6 Å². The quantitative estimate of drug-likeness (QED) is 0.806. The lowest BCUT2D eigenvalue weighted by Gasteiger charge is -2.11. The van der Waals surface area contributed by atoms with Crippen molar-refractivity contribution >= 4 is 20.8 Å². The van der Waals surface area contributed by atoms with Crippen LogP contribution in [0, 0.1) is 6.92 Å². The lowest BCUT2D eigenvalue weighted by Crippen LogP contribution is -2.32. The van der Waals surface area contributed by atoms with E-state index in [1.807, 2.05) is 13.0 Å². The van der Waals surface area contributed by atoms with E-state index in [0.717, 1.165) is 15.6 Å². The largest absolute Gasteiger partial charge is 0.277 e. The molecule has 3 rings (SSSR count). The van der Waals surface area contributed by atoms with Gasteiger partial charge in [0, 0.05) is 11.6 Å². The van der Waals surface area contributed by atoms with Crippen molar-refractivity contribution in [2.24, 2.45) is 0 Å². The van der Waals surface area contributed by atoms with Gasteiger partial charge in [-0.3, -0.25) is 4.79 Å². The van der Waals surface area contributed by atoms with Crippen LogP contribution in [0.1, 0.15) is 5.56 Å². The van der Waals surface area contributed by atoms with Gasteiger partial charge < -0.3 is 0 Å². The maximum absolute atomic E-state index is 12.3. The zero-order valence-electron chi connectivity index (χ0n) is 11.9. The summed E-state index contributed by atoms with van der Waals surface area (Å²) in [5.74, 6) is 0. The van der Waals surface area contributed by atoms with Crippen molar-refractivity contribution in [2.75, 3.05) is 4.83 Å². The summed E-state index contributed by atoms with van der Waals surface area (Å²) in [6.07, 6.45) is 1.41. The lowest BCUT2D eigenvalue weighted by atomic mass is 10.2. The summed E-state index contributed by atoms with van der Waals surface area (Å²) in [7, 11) is -3.81. The van der Waals surface area contributed by atoms with E-state index in [0.29, 0.717) is 5.39 Å². The molecule has 1 N–H and O–H groups in total. The lowest BCUT2D eigenvalue weighted by molar-refractivity contribution is 0.594. The van der Waals surface area contributed by atoms with Gasteiger partial charge in [-0.05, 0) is 36.6 Å². The first-order chi connectivity index (χ1) is 10.5. The Kier molecular flexibility index (Phi) is 3.46. The number of nitrogens with one attached hydrogen (secondary N) is 1. The molecule has 6 heteroatoms. The normalized spacial score (nSPS) is 11.5. The third-order valence-corrected chi connectivity index (χ3v) is 4.69. The highest BCUT2D eigenvalue weighted by Crippen LogP contribution is 2.12. The molecule has 0 unspecified atom stereocenters. The summed E-state index contributed by atoms with van der Waals surface area (Å²) < 4.78 is 25.6. The number of rotatable bonds is 3. The fraction of sp³-hybridized carbons (Fsp3) is 0.0625. The van der Waals surface area contributed by atoms with Gasteiger partial charge in [-0.1, -0.05) is 35.9 Å². The van der Waals surface area contributed by atoms with E-state index >= 15 is 0 Å². The molecule has 2 aromatic carbocycles. The second-order valence-electron chi connectivity index (χ2n) is 4.99. The monoisotopic (exact) mass is 314 g/mol. The molecule has 112 valence electrons. The van der Waals surface area contributed by atoms with Crippen LogP contribution in [0.5, 0.6) is 0 Å². The number of sulfonamides is 1. The first-order valence-electron chi connectivity index (χ1n) is 6.67. The van der Waals surface area contributed by atoms with E-state index in [-0.39, 0.29) is 4.90 Å². The van der Waals surface area contributed by atoms with Crippen LogP contribution in [0.25, 0.3) is 10.8 Å². The topological polar surface area (TPSA) is 68.2 Å². The highest BCUT2D eigenvalue weighted by molar-refractivity contribution is 7.92. The van der Waals surface area contributed by atoms with Gasteiger partial charge in [-0.25, -0.2) is 9.51 Å². The van der Waals surface area contributed by atoms with Crippen LogP contribution in [0.2, 0.25) is 0 Å². The Bertz CT molecular complexity index is 990. The summed E-state index contributed by atoms with van der Waals surface area (Å²) in [4.78, 5) is 14.7. The van der Waals surface area contributed by atoms with Crippen LogP contribution >= 0.6 is 0 Å². The molecule has 0 radical (unpaired) electrons. The predicted octanol–water partition coefficient (Wildman–Crippen LogP) is 2.24. The molecule has 1 heterocycles. The van der Waals surface area contributed by atoms with Crippen molar-refractivity contribution in [3.8, 4) is 0 Å². The molecular formula is C16H14N2O3S. The predicted molar refractivity (Wildman–Crippen MR) is 85.9 cm³/mol. The molecule has 0 aliphatic rings. The van der Waals surface area contributed by atoms with Crippen LogP contribution < -0.4 is 10.4 Å². The van der Waals surface area contributed by atoms with E-state index in [9.17, 15) is 13.2 Å². The van der Waals surface area contributed by atoms with E-state index < -0.39 is 15.6 Å². The maximum atomic E-state index is 12.3. The van der Waals surface area contributed by atoms with E-state index in [2.05, 4.69) is 4.83 Å². The molecule has 0 saturated carbocycles. The zero-order chi connectivity index (χ0) is 15.7. The van der Waals surface area contributed by atoms with Crippen molar-refractivity contribution in [1.29, 1.82) is 0 Å². The maximum Gasteiger partial charge on any atom is 0.277 e. The van der Waals surface area contributed by atoms with Gasteiger partial charge >= 0.3 is 0 Å². The summed E-state index contributed by atoms with van der Waals surface area (Å²) >= 11 is 0. The Morgan fingerprint density at radius 1 is 0.955 bits per heavy atom. The Balaban J connectivity index is 2.04. The first kappa shape index (κ1) is 14.3. The molecule has 0 bridgehead atoms. The van der Waals surface area contributed by atoms with E-state index in [1.165, 1.54) is 18.3 Å². The minimum atomic E-state index is -3.81. The zero-order valence-corrected chi connectivity index (χ0v) is 12.7. The van der Waals surface area contributed by atoms with Crippen molar-refractivity contribution < 1.29 is 8.42 Å². The van der Waals surface area contributed by atoms with E-state index in [4.69, 9.17) is 0 Å². The summed E-state index contributed by atoms with van der Waals surface area (Å²) in [5, 5.41) is 1.22. The van der Waals surface area contributed by atoms with Crippen LogP contribution in [0.15, 0.2) is 70.5 Å². The highest BCUT2D eigenvalue weighted by atomic mass is 32.2. The first-order valence-corrected chi connectivity index (χ1v) is 8.16. The minimum absolute atomic E-state index is 0.109. The van der Waals surface area contributed by atoms with Crippen LogP contribution in [0.3, 0.4) is 0 Å². The van der Waals surface area contributed by atoms with Crippen molar-refractivity contribution in [1.82, 2.24) is 4.68 Å². The molecule has 1 aromatic heterocycles. The van der Waals surface area contributed by atoms with Crippen LogP contribution in [-0.4, -0.2) is 13.1 Å². The molecular weight excluding hydrogens is 300 g/mol. The molecule has 3 aromatic rings. The molecule has 22 heavy (non-hydrogen) atoms. The highest BCUT2D eigenvalue weighted by Gasteiger charge is 2.15. The molecule has 0 aliphatic heterocycles. The fourth-order valence-electron chi connectivity index (χ4n) is 2.16. The SMILES string of the molecule is Cc1ccc(S(=O)(=O)Nn2ccc3ccccc3c2=O)cc1. The Hall–Kier alpha value is -2.60. The fourth-order valence-corrected chi connectivity index (χ4v) is 3.16. The molecule has 0 atom stereocenters. The number of hydrogen-bond acceptors (Lipinski definition) is 3. The molecule has 0 fully saturated rings. The smallest absolute Gasteiger partial charge is 0.267 e. The van der Waals surface area contributed by atoms with Crippen LogP contribution in [-0.2, 0) is 10.0 Å². The van der Waals surface area contributed by atoms with Gasteiger partial charge in [0.1, 0.15) is 0 Å². The van der Waals surface area contributed by atoms with Gasteiger partial charge in [-0.15, -0.1) is 0 Å². The number of nitrogens with zero attached hydrogens (tertiary/aromatic N) is 1. The van der Waals surface area contributed by atoms with Crippen molar-refractivity contribution in [2.45, 2.75) is 11.8 Å². The second-order valence-corrected chi connectivity index (χ2v) is 6.65. The Morgan fingerprint density at radius 3 is 2.36 bits per heavy atom. The van der Waals surface area contributed by atoms with Crippen molar-refractivity contribution in [3.63, 3.8) is 0 Å². The third-order valence-electron chi connectivity index (χ3n) is 3.36. The molecule has 0 saturated heterocycles. The molecule has 0 aliphatic carbocycles. The van der Waals surface area contributed by atoms with Crippen LogP contribution in [0.4, 0.5) is 0 Å². The summed E-state index contributed by atoms with van der Waals surface area (Å²) in [6, 6.07) is 15.1. The van der Waals surface area contributed by atoms with Gasteiger partial charge in [0.2, 0.25) is 0 Å². The minimum Gasteiger partial charge on any atom is -0.267 e. The number of benzene rings is 2. The standard InChI is InChI=1S/C16H14N2O3S/c1-12-6-8-14(9-7-12)22(20,21)17-18-11-10-13-4-2-3-5-15(13)16(18)19/h2-11,17H,1H3. The Morgan fingerprint density at radius 2 is 1.64 bits per heavy atom. The summed E-state index contributed by atoms with van der Waals surface area (Å²) in [5.41, 5.74) is 0.551. The number of hydrogen-bond donors (Lipinski definition) is 1. The average molecular weight is 314 g/mol. The number of aryl methyl sites for hydroxylation is 1. The van der Waals surface area contributed by atoms with Gasteiger partial charge in [0.05, 0.1) is 4.90 Å². The van der Waals surface area contributed by atoms with Gasteiger partial charge in [-0.2, -0.15) is 8.42 Å².